The molecule has 1 heterocycles. The van der Waals surface area contributed by atoms with Crippen molar-refractivity contribution in [3.63, 3.8) is 0 Å². The van der Waals surface area contributed by atoms with Gasteiger partial charge in [0.25, 0.3) is 0 Å². The molecule has 0 aliphatic heterocycles. The summed E-state index contributed by atoms with van der Waals surface area (Å²) in [5.74, 6) is 0. The van der Waals surface area contributed by atoms with E-state index < -0.39 is 5.69 Å². The fourth-order valence-electron chi connectivity index (χ4n) is 0.738. The van der Waals surface area contributed by atoms with Crippen LogP contribution in [0.4, 0.5) is 0 Å². The van der Waals surface area contributed by atoms with Crippen LogP contribution in [-0.2, 0) is 0 Å². The molecular weight excluding hydrogens is 203 g/mol. The molecule has 0 saturated heterocycles. The van der Waals surface area contributed by atoms with Gasteiger partial charge in [-0.2, -0.15) is 4.98 Å². The maximum absolute atomic E-state index is 10.8. The predicted molar refractivity (Wildman–Crippen MR) is 47.4 cm³/mol. The molecular formula is C6H8Cl2N2O2. The van der Waals surface area contributed by atoms with Gasteiger partial charge in [-0.05, 0) is 13.8 Å². The van der Waals surface area contributed by atoms with E-state index in [0.29, 0.717) is 21.1 Å². The third kappa shape index (κ3) is 1.70. The normalized spacial score (nSPS) is 9.25. The van der Waals surface area contributed by atoms with Crippen molar-refractivity contribution in [3.05, 3.63) is 26.9 Å². The molecule has 0 spiro atoms. The van der Waals surface area contributed by atoms with Crippen molar-refractivity contribution in [2.45, 2.75) is 13.8 Å². The van der Waals surface area contributed by atoms with Gasteiger partial charge in [-0.1, -0.05) is 11.6 Å². The van der Waals surface area contributed by atoms with Crippen LogP contribution in [0.25, 0.3) is 0 Å². The van der Waals surface area contributed by atoms with E-state index in [4.69, 9.17) is 16.8 Å². The molecule has 0 fully saturated rings. The average molecular weight is 211 g/mol. The Kier molecular flexibility index (Phi) is 3.55. The minimum Gasteiger partial charge on any atom is -0.424 e. The first-order valence-corrected chi connectivity index (χ1v) is 3.37. The highest BCUT2D eigenvalue weighted by atomic mass is 35.5. The number of rotatable bonds is 0. The van der Waals surface area contributed by atoms with E-state index in [1.165, 1.54) is 0 Å². The Balaban J connectivity index is 0.00000121. The van der Waals surface area contributed by atoms with Crippen molar-refractivity contribution in [1.82, 2.24) is 9.71 Å². The van der Waals surface area contributed by atoms with Gasteiger partial charge < -0.3 is 5.21 Å². The molecule has 12 heavy (non-hydrogen) atoms. The quantitative estimate of drug-likeness (QED) is 0.655. The van der Waals surface area contributed by atoms with Crippen LogP contribution in [0.3, 0.4) is 0 Å². The van der Waals surface area contributed by atoms with Gasteiger partial charge in [0, 0.05) is 0 Å². The van der Waals surface area contributed by atoms with Gasteiger partial charge >= 0.3 is 5.69 Å². The zero-order valence-electron chi connectivity index (χ0n) is 6.54. The first kappa shape index (κ1) is 11.3. The molecule has 0 aliphatic carbocycles. The fourth-order valence-corrected chi connectivity index (χ4v) is 0.860. The Bertz CT molecular complexity index is 348. The van der Waals surface area contributed by atoms with E-state index in [9.17, 15) is 4.79 Å². The number of aromatic nitrogens is 2. The lowest BCUT2D eigenvalue weighted by Gasteiger charge is -2.03. The summed E-state index contributed by atoms with van der Waals surface area (Å²) in [4.78, 5) is 14.2. The zero-order chi connectivity index (χ0) is 8.59. The van der Waals surface area contributed by atoms with E-state index in [2.05, 4.69) is 4.98 Å². The molecule has 0 amide bonds. The first-order chi connectivity index (χ1) is 5.04. The standard InChI is InChI=1S/C6H7ClN2O2.ClH/c1-3-5(7)4(2)9(11)6(10)8-3;/h11H,1-2H3;1H. The maximum atomic E-state index is 10.8. The van der Waals surface area contributed by atoms with Crippen LogP contribution in [0.15, 0.2) is 4.79 Å². The highest BCUT2D eigenvalue weighted by Crippen LogP contribution is 2.13. The molecule has 0 radical (unpaired) electrons. The van der Waals surface area contributed by atoms with Gasteiger partial charge in [0.1, 0.15) is 0 Å². The molecule has 0 atom stereocenters. The molecule has 1 aromatic rings. The second-order valence-corrected chi connectivity index (χ2v) is 2.57. The van der Waals surface area contributed by atoms with Crippen molar-refractivity contribution in [1.29, 1.82) is 0 Å². The molecule has 1 aromatic heterocycles. The van der Waals surface area contributed by atoms with Gasteiger partial charge in [-0.3, -0.25) is 0 Å². The lowest BCUT2D eigenvalue weighted by Crippen LogP contribution is -2.24. The lowest BCUT2D eigenvalue weighted by atomic mass is 10.3. The van der Waals surface area contributed by atoms with Crippen LogP contribution < -0.4 is 5.69 Å². The molecule has 0 unspecified atom stereocenters. The molecule has 4 nitrogen and oxygen atoms in total. The van der Waals surface area contributed by atoms with Gasteiger partial charge in [0.15, 0.2) is 0 Å². The molecule has 6 heteroatoms. The third-order valence-electron chi connectivity index (χ3n) is 1.40. The third-order valence-corrected chi connectivity index (χ3v) is 1.94. The number of hydrogen-bond donors (Lipinski definition) is 1. The summed E-state index contributed by atoms with van der Waals surface area (Å²) in [6, 6.07) is 0. The van der Waals surface area contributed by atoms with Crippen LogP contribution in [-0.4, -0.2) is 14.9 Å². The Morgan fingerprint density at radius 2 is 2.00 bits per heavy atom. The Labute approximate surface area is 80.2 Å². The van der Waals surface area contributed by atoms with Crippen molar-refractivity contribution in [2.75, 3.05) is 0 Å². The highest BCUT2D eigenvalue weighted by molar-refractivity contribution is 6.31. The van der Waals surface area contributed by atoms with Crippen LogP contribution in [0.2, 0.25) is 5.02 Å². The topological polar surface area (TPSA) is 55.1 Å². The van der Waals surface area contributed by atoms with E-state index in [-0.39, 0.29) is 12.4 Å². The van der Waals surface area contributed by atoms with Crippen LogP contribution in [0.5, 0.6) is 0 Å². The smallest absolute Gasteiger partial charge is 0.380 e. The molecule has 0 bridgehead atoms. The summed E-state index contributed by atoms with van der Waals surface area (Å²) in [6.45, 7) is 3.15. The van der Waals surface area contributed by atoms with Crippen molar-refractivity contribution in [2.24, 2.45) is 0 Å². The second-order valence-electron chi connectivity index (χ2n) is 2.19. The van der Waals surface area contributed by atoms with Crippen LogP contribution in [0.1, 0.15) is 11.4 Å². The zero-order valence-corrected chi connectivity index (χ0v) is 8.11. The van der Waals surface area contributed by atoms with Crippen molar-refractivity contribution < 1.29 is 5.21 Å². The summed E-state index contributed by atoms with van der Waals surface area (Å²) < 4.78 is 0.426. The minimum absolute atomic E-state index is 0. The summed E-state index contributed by atoms with van der Waals surface area (Å²) in [5, 5.41) is 9.28. The van der Waals surface area contributed by atoms with Gasteiger partial charge in [-0.25, -0.2) is 4.79 Å². The Morgan fingerprint density at radius 3 is 2.50 bits per heavy atom. The number of hydrogen-bond acceptors (Lipinski definition) is 3. The van der Waals surface area contributed by atoms with E-state index >= 15 is 0 Å². The highest BCUT2D eigenvalue weighted by Gasteiger charge is 2.07. The molecule has 0 saturated carbocycles. The van der Waals surface area contributed by atoms with E-state index in [0.717, 1.165) is 0 Å². The first-order valence-electron chi connectivity index (χ1n) is 2.99. The average Bonchev–Trinajstić information content (AvgIpc) is 1.97. The van der Waals surface area contributed by atoms with Gasteiger partial charge in [0.2, 0.25) is 0 Å². The predicted octanol–water partition coefficient (Wildman–Crippen LogP) is 1.17. The maximum Gasteiger partial charge on any atom is 0.380 e. The van der Waals surface area contributed by atoms with E-state index in [1.807, 2.05) is 0 Å². The van der Waals surface area contributed by atoms with Crippen LogP contribution >= 0.6 is 24.0 Å². The monoisotopic (exact) mass is 210 g/mol. The Morgan fingerprint density at radius 1 is 1.50 bits per heavy atom. The number of nitrogens with zero attached hydrogens (tertiary/aromatic N) is 2. The number of aryl methyl sites for hydroxylation is 1. The van der Waals surface area contributed by atoms with Gasteiger partial charge in [-0.15, -0.1) is 17.1 Å². The fraction of sp³-hybridized carbons (Fsp3) is 0.333. The molecule has 1 N–H and O–H groups in total. The second kappa shape index (κ2) is 3.78. The molecule has 1 rings (SSSR count). The lowest BCUT2D eigenvalue weighted by molar-refractivity contribution is 0.163. The van der Waals surface area contributed by atoms with Crippen LogP contribution in [0, 0.1) is 13.8 Å². The van der Waals surface area contributed by atoms with Crippen molar-refractivity contribution >= 4 is 24.0 Å². The molecule has 68 valence electrons. The molecule has 0 aliphatic rings. The number of halogens is 2. The van der Waals surface area contributed by atoms with Gasteiger partial charge in [0.05, 0.1) is 16.4 Å². The largest absolute Gasteiger partial charge is 0.424 e. The summed E-state index contributed by atoms with van der Waals surface area (Å²) in [7, 11) is 0. The summed E-state index contributed by atoms with van der Waals surface area (Å²) in [5.41, 5.74) is 0.0352. The SMILES string of the molecule is Cc1nc(=O)n(O)c(C)c1Cl.Cl. The summed E-state index contributed by atoms with van der Waals surface area (Å²) in [6.07, 6.45) is 0. The minimum atomic E-state index is -0.704. The molecule has 0 aromatic carbocycles. The van der Waals surface area contributed by atoms with Crippen molar-refractivity contribution in [3.8, 4) is 0 Å². The van der Waals surface area contributed by atoms with E-state index in [1.54, 1.807) is 13.8 Å². The Hall–Kier alpha value is -0.740. The summed E-state index contributed by atoms with van der Waals surface area (Å²) >= 11 is 5.67.